The Kier molecular flexibility index (Phi) is 6.73. The van der Waals surface area contributed by atoms with Crippen LogP contribution in [0.3, 0.4) is 0 Å². The largest absolute Gasteiger partial charge is 0.466 e. The number of carbonyl (C=O) groups excluding carboxylic acids is 3. The lowest BCUT2D eigenvalue weighted by Gasteiger charge is -2.29. The number of ether oxygens (including phenoxy) is 2. The van der Waals surface area contributed by atoms with Crippen LogP contribution in [0.15, 0.2) is 24.3 Å². The van der Waals surface area contributed by atoms with Crippen LogP contribution in [0, 0.1) is 5.41 Å². The lowest BCUT2D eigenvalue weighted by atomic mass is 9.74. The van der Waals surface area contributed by atoms with E-state index < -0.39 is 11.4 Å². The molecule has 1 aliphatic carbocycles. The van der Waals surface area contributed by atoms with Gasteiger partial charge in [-0.2, -0.15) is 0 Å². The summed E-state index contributed by atoms with van der Waals surface area (Å²) in [6, 6.07) is 7.44. The number of fused-ring (bicyclic) bond motifs is 1. The zero-order chi connectivity index (χ0) is 18.3. The number of esters is 2. The van der Waals surface area contributed by atoms with Crippen LogP contribution in [-0.4, -0.2) is 30.9 Å². The first-order valence-electron chi connectivity index (χ1n) is 9.00. The fourth-order valence-electron chi connectivity index (χ4n) is 3.48. The highest BCUT2D eigenvalue weighted by atomic mass is 16.5. The minimum atomic E-state index is -1.20. The molecule has 1 aromatic rings. The Morgan fingerprint density at radius 2 is 1.84 bits per heavy atom. The van der Waals surface area contributed by atoms with Crippen molar-refractivity contribution < 1.29 is 23.9 Å². The highest BCUT2D eigenvalue weighted by Crippen LogP contribution is 2.40. The lowest BCUT2D eigenvalue weighted by molar-refractivity contribution is -0.154. The van der Waals surface area contributed by atoms with E-state index >= 15 is 0 Å². The number of hydrogen-bond acceptors (Lipinski definition) is 5. The average molecular weight is 346 g/mol. The van der Waals surface area contributed by atoms with E-state index in [2.05, 4.69) is 0 Å². The van der Waals surface area contributed by atoms with E-state index in [1.54, 1.807) is 19.9 Å². The first-order valence-corrected chi connectivity index (χ1v) is 9.00. The predicted octanol–water partition coefficient (Wildman–Crippen LogP) is 3.49. The van der Waals surface area contributed by atoms with Gasteiger partial charge in [0.05, 0.1) is 13.2 Å². The number of benzene rings is 1. The van der Waals surface area contributed by atoms with E-state index in [4.69, 9.17) is 9.47 Å². The number of Topliss-reactive ketones (excluding diaryl/α,β-unsaturated/α-hetero) is 1. The molecule has 0 heterocycles. The minimum Gasteiger partial charge on any atom is -0.466 e. The first-order chi connectivity index (χ1) is 12.0. The van der Waals surface area contributed by atoms with E-state index in [1.165, 1.54) is 0 Å². The maximum absolute atomic E-state index is 13.3. The molecule has 2 rings (SSSR count). The Morgan fingerprint density at radius 1 is 1.12 bits per heavy atom. The number of ketones is 1. The molecule has 1 atom stereocenters. The molecule has 0 bridgehead atoms. The Balaban J connectivity index is 2.27. The quantitative estimate of drug-likeness (QED) is 0.429. The predicted molar refractivity (Wildman–Crippen MR) is 93.3 cm³/mol. The first kappa shape index (κ1) is 19.2. The SMILES string of the molecule is CCOC(=O)CCCC1(C(=O)OCC)CCCc2ccccc2C1=O. The molecule has 136 valence electrons. The fraction of sp³-hybridized carbons (Fsp3) is 0.550. The summed E-state index contributed by atoms with van der Waals surface area (Å²) in [4.78, 5) is 37.6. The highest BCUT2D eigenvalue weighted by molar-refractivity contribution is 6.13. The van der Waals surface area contributed by atoms with Crippen LogP contribution in [0.4, 0.5) is 0 Å². The molecule has 1 aromatic carbocycles. The molecular weight excluding hydrogens is 320 g/mol. The lowest BCUT2D eigenvalue weighted by Crippen LogP contribution is -2.40. The second-order valence-electron chi connectivity index (χ2n) is 6.30. The number of carbonyl (C=O) groups is 3. The van der Waals surface area contributed by atoms with Crippen LogP contribution in [0.5, 0.6) is 0 Å². The second-order valence-corrected chi connectivity index (χ2v) is 6.30. The Hall–Kier alpha value is -2.17. The van der Waals surface area contributed by atoms with Crippen molar-refractivity contribution in [3.63, 3.8) is 0 Å². The molecule has 0 fully saturated rings. The average Bonchev–Trinajstić information content (AvgIpc) is 2.74. The molecule has 5 heteroatoms. The molecule has 1 unspecified atom stereocenters. The van der Waals surface area contributed by atoms with Crippen LogP contribution in [-0.2, 0) is 25.5 Å². The normalized spacial score (nSPS) is 19.7. The molecular formula is C20H26O5. The molecule has 0 aliphatic heterocycles. The molecule has 0 radical (unpaired) electrons. The van der Waals surface area contributed by atoms with Crippen molar-refractivity contribution in [2.24, 2.45) is 5.41 Å². The summed E-state index contributed by atoms with van der Waals surface area (Å²) in [5.74, 6) is -0.952. The highest BCUT2D eigenvalue weighted by Gasteiger charge is 2.48. The molecule has 5 nitrogen and oxygen atoms in total. The van der Waals surface area contributed by atoms with E-state index in [1.807, 2.05) is 18.2 Å². The van der Waals surface area contributed by atoms with Gasteiger partial charge in [-0.25, -0.2) is 0 Å². The Labute approximate surface area is 148 Å². The van der Waals surface area contributed by atoms with Gasteiger partial charge in [-0.1, -0.05) is 24.3 Å². The molecule has 0 saturated carbocycles. The van der Waals surface area contributed by atoms with Crippen LogP contribution in [0.25, 0.3) is 0 Å². The summed E-state index contributed by atoms with van der Waals surface area (Å²) >= 11 is 0. The van der Waals surface area contributed by atoms with Gasteiger partial charge in [0.2, 0.25) is 0 Å². The van der Waals surface area contributed by atoms with Gasteiger partial charge in [0.1, 0.15) is 5.41 Å². The summed E-state index contributed by atoms with van der Waals surface area (Å²) in [6.07, 6.45) is 2.87. The third kappa shape index (κ3) is 4.27. The molecule has 0 saturated heterocycles. The molecule has 0 N–H and O–H groups in total. The van der Waals surface area contributed by atoms with Crippen molar-refractivity contribution in [1.29, 1.82) is 0 Å². The molecule has 1 aliphatic rings. The maximum Gasteiger partial charge on any atom is 0.320 e. The van der Waals surface area contributed by atoms with E-state index in [-0.39, 0.29) is 24.8 Å². The van der Waals surface area contributed by atoms with Crippen molar-refractivity contribution in [2.45, 2.75) is 52.4 Å². The summed E-state index contributed by atoms with van der Waals surface area (Å²) < 4.78 is 10.2. The summed E-state index contributed by atoms with van der Waals surface area (Å²) in [7, 11) is 0. The minimum absolute atomic E-state index is 0.178. The van der Waals surface area contributed by atoms with Gasteiger partial charge in [-0.15, -0.1) is 0 Å². The van der Waals surface area contributed by atoms with Gasteiger partial charge < -0.3 is 9.47 Å². The number of aryl methyl sites for hydroxylation is 1. The Morgan fingerprint density at radius 3 is 2.56 bits per heavy atom. The monoisotopic (exact) mass is 346 g/mol. The van der Waals surface area contributed by atoms with Gasteiger partial charge in [-0.05, 0) is 51.5 Å². The van der Waals surface area contributed by atoms with Crippen molar-refractivity contribution in [3.05, 3.63) is 35.4 Å². The Bertz CT molecular complexity index is 637. The maximum atomic E-state index is 13.3. The molecule has 0 spiro atoms. The van der Waals surface area contributed by atoms with Crippen molar-refractivity contribution >= 4 is 17.7 Å². The standard InChI is InChI=1S/C20H26O5/c1-3-24-17(21)12-8-14-20(19(23)25-4-2)13-7-10-15-9-5-6-11-16(15)18(20)22/h5-6,9,11H,3-4,7-8,10,12-14H2,1-2H3. The van der Waals surface area contributed by atoms with Crippen molar-refractivity contribution in [2.75, 3.05) is 13.2 Å². The second kappa shape index (κ2) is 8.79. The van der Waals surface area contributed by atoms with Crippen LogP contribution in [0.2, 0.25) is 0 Å². The molecule has 0 aromatic heterocycles. The zero-order valence-corrected chi connectivity index (χ0v) is 15.0. The van der Waals surface area contributed by atoms with Crippen LogP contribution >= 0.6 is 0 Å². The smallest absolute Gasteiger partial charge is 0.320 e. The van der Waals surface area contributed by atoms with E-state index in [0.717, 1.165) is 18.4 Å². The van der Waals surface area contributed by atoms with Gasteiger partial charge in [0.15, 0.2) is 5.78 Å². The van der Waals surface area contributed by atoms with Crippen LogP contribution < -0.4 is 0 Å². The summed E-state index contributed by atoms with van der Waals surface area (Å²) in [5.41, 5.74) is 0.378. The number of hydrogen-bond donors (Lipinski definition) is 0. The third-order valence-electron chi connectivity index (χ3n) is 4.70. The third-order valence-corrected chi connectivity index (χ3v) is 4.70. The zero-order valence-electron chi connectivity index (χ0n) is 15.0. The van der Waals surface area contributed by atoms with E-state index in [0.29, 0.717) is 31.4 Å². The van der Waals surface area contributed by atoms with Gasteiger partial charge in [0.25, 0.3) is 0 Å². The van der Waals surface area contributed by atoms with Gasteiger partial charge in [-0.3, -0.25) is 14.4 Å². The fourth-order valence-corrected chi connectivity index (χ4v) is 3.48. The van der Waals surface area contributed by atoms with E-state index in [9.17, 15) is 14.4 Å². The topological polar surface area (TPSA) is 69.7 Å². The van der Waals surface area contributed by atoms with Gasteiger partial charge in [0, 0.05) is 12.0 Å². The van der Waals surface area contributed by atoms with Crippen molar-refractivity contribution in [1.82, 2.24) is 0 Å². The van der Waals surface area contributed by atoms with Crippen molar-refractivity contribution in [3.8, 4) is 0 Å². The number of rotatable bonds is 7. The van der Waals surface area contributed by atoms with Gasteiger partial charge >= 0.3 is 11.9 Å². The summed E-state index contributed by atoms with van der Waals surface area (Å²) in [6.45, 7) is 4.05. The molecule has 25 heavy (non-hydrogen) atoms. The van der Waals surface area contributed by atoms with Crippen LogP contribution in [0.1, 0.15) is 61.9 Å². The summed E-state index contributed by atoms with van der Waals surface area (Å²) in [5, 5.41) is 0. The molecule has 0 amide bonds.